The van der Waals surface area contributed by atoms with Crippen LogP contribution in [0.3, 0.4) is 0 Å². The smallest absolute Gasteiger partial charge is 0.228 e. The van der Waals surface area contributed by atoms with Gasteiger partial charge in [0, 0.05) is 45.3 Å². The maximum Gasteiger partial charge on any atom is 0.228 e. The zero-order valence-electron chi connectivity index (χ0n) is 18.1. The molecule has 0 amide bonds. The molecular weight excluding hydrogens is 384 g/mol. The summed E-state index contributed by atoms with van der Waals surface area (Å²) in [5.74, 6) is 0. The molecule has 1 aliphatic rings. The third-order valence-corrected chi connectivity index (χ3v) is 7.84. The fourth-order valence-corrected chi connectivity index (χ4v) is 4.88. The van der Waals surface area contributed by atoms with Crippen molar-refractivity contribution in [3.63, 3.8) is 0 Å². The van der Waals surface area contributed by atoms with Gasteiger partial charge in [-0.05, 0) is 39.7 Å². The number of sulfone groups is 1. The van der Waals surface area contributed by atoms with Gasteiger partial charge in [-0.15, -0.1) is 0 Å². The lowest BCUT2D eigenvalue weighted by atomic mass is 10.1. The lowest BCUT2D eigenvalue weighted by Crippen LogP contribution is -2.48. The van der Waals surface area contributed by atoms with Crippen molar-refractivity contribution in [3.05, 3.63) is 47.8 Å². The van der Waals surface area contributed by atoms with Gasteiger partial charge in [-0.1, -0.05) is 30.3 Å². The minimum atomic E-state index is -3.43. The zero-order valence-corrected chi connectivity index (χ0v) is 18.9. The van der Waals surface area contributed by atoms with Gasteiger partial charge in [0.05, 0.1) is 17.1 Å². The first-order chi connectivity index (χ1) is 13.8. The summed E-state index contributed by atoms with van der Waals surface area (Å²) >= 11 is 0. The van der Waals surface area contributed by atoms with Crippen LogP contribution in [0, 0.1) is 0 Å². The van der Waals surface area contributed by atoms with Crippen molar-refractivity contribution < 1.29 is 8.42 Å². The maximum absolute atomic E-state index is 12.9. The molecule has 0 spiro atoms. The molecule has 0 aliphatic carbocycles. The Morgan fingerprint density at radius 2 is 1.66 bits per heavy atom. The Morgan fingerprint density at radius 3 is 2.24 bits per heavy atom. The van der Waals surface area contributed by atoms with Crippen molar-refractivity contribution in [2.24, 2.45) is 0 Å². The van der Waals surface area contributed by atoms with E-state index in [-0.39, 0.29) is 5.16 Å². The van der Waals surface area contributed by atoms with Crippen molar-refractivity contribution >= 4 is 9.84 Å². The second-order valence-corrected chi connectivity index (χ2v) is 10.8. The van der Waals surface area contributed by atoms with Gasteiger partial charge in [-0.3, -0.25) is 9.80 Å². The van der Waals surface area contributed by atoms with Crippen molar-refractivity contribution in [1.82, 2.24) is 19.4 Å². The van der Waals surface area contributed by atoms with E-state index in [0.29, 0.717) is 12.6 Å². The highest BCUT2D eigenvalue weighted by atomic mass is 32.2. The van der Waals surface area contributed by atoms with E-state index in [4.69, 9.17) is 0 Å². The number of benzene rings is 1. The van der Waals surface area contributed by atoms with Crippen LogP contribution in [0.15, 0.2) is 41.7 Å². The molecule has 7 heteroatoms. The summed E-state index contributed by atoms with van der Waals surface area (Å²) in [5.41, 5.74) is 2.18. The van der Waals surface area contributed by atoms with Crippen LogP contribution in [0.2, 0.25) is 0 Å². The average Bonchev–Trinajstić information content (AvgIpc) is 3.10. The number of aryl methyl sites for hydroxylation is 1. The Morgan fingerprint density at radius 1 is 1.00 bits per heavy atom. The number of imidazole rings is 1. The minimum absolute atomic E-state index is 0.208. The van der Waals surface area contributed by atoms with Gasteiger partial charge >= 0.3 is 0 Å². The van der Waals surface area contributed by atoms with Crippen molar-refractivity contribution in [2.75, 3.05) is 26.2 Å². The van der Waals surface area contributed by atoms with Gasteiger partial charge in [0.15, 0.2) is 0 Å². The molecule has 1 fully saturated rings. The molecule has 0 atom stereocenters. The SMILES string of the molecule is CC(C)N1CCN(Cc2cnc(S(=O)(=O)C(C)C)n2CCc2ccccc2)CC1. The molecule has 0 unspecified atom stereocenters. The Bertz CT molecular complexity index is 883. The molecule has 0 bridgehead atoms. The largest absolute Gasteiger partial charge is 0.317 e. The van der Waals surface area contributed by atoms with Crippen molar-refractivity contribution in [1.29, 1.82) is 0 Å². The Hall–Kier alpha value is -1.70. The summed E-state index contributed by atoms with van der Waals surface area (Å²) < 4.78 is 27.7. The van der Waals surface area contributed by atoms with Gasteiger partial charge in [0.25, 0.3) is 0 Å². The molecule has 3 rings (SSSR count). The number of piperazine rings is 1. The van der Waals surface area contributed by atoms with Gasteiger partial charge in [-0.2, -0.15) is 0 Å². The van der Waals surface area contributed by atoms with Crippen LogP contribution in [0.4, 0.5) is 0 Å². The van der Waals surface area contributed by atoms with Gasteiger partial charge < -0.3 is 4.57 Å². The monoisotopic (exact) mass is 418 g/mol. The van der Waals surface area contributed by atoms with E-state index in [1.54, 1.807) is 20.0 Å². The van der Waals surface area contributed by atoms with E-state index in [0.717, 1.165) is 44.8 Å². The highest BCUT2D eigenvalue weighted by Gasteiger charge is 2.28. The highest BCUT2D eigenvalue weighted by molar-refractivity contribution is 7.91. The molecule has 2 heterocycles. The van der Waals surface area contributed by atoms with Gasteiger partial charge in [-0.25, -0.2) is 13.4 Å². The van der Waals surface area contributed by atoms with Crippen LogP contribution in [-0.4, -0.2) is 65.2 Å². The Balaban J connectivity index is 1.80. The molecular formula is C22H34N4O2S. The molecule has 0 N–H and O–H groups in total. The molecule has 2 aromatic rings. The van der Waals surface area contributed by atoms with E-state index in [2.05, 4.69) is 40.8 Å². The first-order valence-electron chi connectivity index (χ1n) is 10.6. The first-order valence-corrected chi connectivity index (χ1v) is 12.1. The van der Waals surface area contributed by atoms with Crippen molar-refractivity contribution in [2.45, 2.75) is 63.7 Å². The topological polar surface area (TPSA) is 58.4 Å². The molecule has 160 valence electrons. The first kappa shape index (κ1) is 22.0. The van der Waals surface area contributed by atoms with Crippen LogP contribution in [0.25, 0.3) is 0 Å². The van der Waals surface area contributed by atoms with Gasteiger partial charge in [0.2, 0.25) is 15.0 Å². The second-order valence-electron chi connectivity index (χ2n) is 8.42. The summed E-state index contributed by atoms with van der Waals surface area (Å²) in [5, 5.41) is -0.276. The van der Waals surface area contributed by atoms with E-state index in [1.807, 2.05) is 22.8 Å². The average molecular weight is 419 g/mol. The van der Waals surface area contributed by atoms with Crippen LogP contribution in [0.1, 0.15) is 39.0 Å². The Labute approximate surface area is 175 Å². The molecule has 6 nitrogen and oxygen atoms in total. The lowest BCUT2D eigenvalue weighted by molar-refractivity contribution is 0.102. The van der Waals surface area contributed by atoms with Crippen LogP contribution in [-0.2, 0) is 29.3 Å². The number of nitrogens with zero attached hydrogens (tertiary/aromatic N) is 4. The number of hydrogen-bond donors (Lipinski definition) is 0. The molecule has 1 saturated heterocycles. The van der Waals surface area contributed by atoms with E-state index in [9.17, 15) is 8.42 Å². The Kier molecular flexibility index (Phi) is 7.14. The fourth-order valence-electron chi connectivity index (χ4n) is 3.75. The van der Waals surface area contributed by atoms with Gasteiger partial charge in [0.1, 0.15) is 0 Å². The molecule has 29 heavy (non-hydrogen) atoms. The maximum atomic E-state index is 12.9. The number of aromatic nitrogens is 2. The van der Waals surface area contributed by atoms with Crippen molar-refractivity contribution in [3.8, 4) is 0 Å². The van der Waals surface area contributed by atoms with Crippen LogP contribution < -0.4 is 0 Å². The normalized spacial score (nSPS) is 16.8. The summed E-state index contributed by atoms with van der Waals surface area (Å²) in [7, 11) is -3.43. The zero-order chi connectivity index (χ0) is 21.0. The highest BCUT2D eigenvalue weighted by Crippen LogP contribution is 2.20. The predicted octanol–water partition coefficient (Wildman–Crippen LogP) is 2.83. The molecule has 0 radical (unpaired) electrons. The summed E-state index contributed by atoms with van der Waals surface area (Å²) in [6.45, 7) is 13.3. The summed E-state index contributed by atoms with van der Waals surface area (Å²) in [6.07, 6.45) is 2.54. The summed E-state index contributed by atoms with van der Waals surface area (Å²) in [6, 6.07) is 10.8. The number of rotatable bonds is 8. The molecule has 0 saturated carbocycles. The molecule has 1 aromatic heterocycles. The summed E-state index contributed by atoms with van der Waals surface area (Å²) in [4.78, 5) is 9.26. The second kappa shape index (κ2) is 9.41. The third-order valence-electron chi connectivity index (χ3n) is 5.77. The fraction of sp³-hybridized carbons (Fsp3) is 0.591. The van der Waals surface area contributed by atoms with E-state index >= 15 is 0 Å². The van der Waals surface area contributed by atoms with Crippen LogP contribution >= 0.6 is 0 Å². The molecule has 1 aromatic carbocycles. The lowest BCUT2D eigenvalue weighted by Gasteiger charge is -2.36. The quantitative estimate of drug-likeness (QED) is 0.660. The van der Waals surface area contributed by atoms with E-state index in [1.165, 1.54) is 5.56 Å². The third kappa shape index (κ3) is 5.27. The number of hydrogen-bond acceptors (Lipinski definition) is 5. The predicted molar refractivity (Wildman–Crippen MR) is 117 cm³/mol. The van der Waals surface area contributed by atoms with Crippen LogP contribution in [0.5, 0.6) is 0 Å². The minimum Gasteiger partial charge on any atom is -0.317 e. The molecule has 1 aliphatic heterocycles. The standard InChI is InChI=1S/C22H34N4O2S/c1-18(2)25-14-12-24(13-15-25)17-21-16-23-22(29(27,28)19(3)4)26(21)11-10-20-8-6-5-7-9-20/h5-9,16,18-19H,10-15,17H2,1-4H3. The van der Waals surface area contributed by atoms with E-state index < -0.39 is 15.1 Å².